The Morgan fingerprint density at radius 3 is 2.92 bits per heavy atom. The second-order valence-electron chi connectivity index (χ2n) is 3.79. The van der Waals surface area contributed by atoms with Gasteiger partial charge >= 0.3 is 0 Å². The van der Waals surface area contributed by atoms with E-state index in [-0.39, 0.29) is 24.0 Å². The Bertz CT molecular complexity index is 284. The van der Waals surface area contributed by atoms with Gasteiger partial charge in [-0.15, -0.1) is 0 Å². The van der Waals surface area contributed by atoms with Crippen LogP contribution in [-0.2, 0) is 14.6 Å². The summed E-state index contributed by atoms with van der Waals surface area (Å²) in [6, 6.07) is 0. The molecule has 0 aromatic rings. The van der Waals surface area contributed by atoms with Crippen molar-refractivity contribution in [3.05, 3.63) is 0 Å². The summed E-state index contributed by atoms with van der Waals surface area (Å²) in [7, 11) is -2.92. The van der Waals surface area contributed by atoms with E-state index in [2.05, 4.69) is 0 Å². The number of fused-ring (bicyclic) bond motifs is 1. The summed E-state index contributed by atoms with van der Waals surface area (Å²) in [6.45, 7) is 0.810. The van der Waals surface area contributed by atoms with Gasteiger partial charge in [-0.05, 0) is 0 Å². The highest BCUT2D eigenvalue weighted by Crippen LogP contribution is 2.41. The van der Waals surface area contributed by atoms with Crippen LogP contribution < -0.4 is 0 Å². The highest BCUT2D eigenvalue weighted by Gasteiger charge is 2.53. The smallest absolute Gasteiger partial charge is 0.151 e. The minimum absolute atomic E-state index is 0.0208. The van der Waals surface area contributed by atoms with E-state index in [0.717, 1.165) is 0 Å². The van der Waals surface area contributed by atoms with Gasteiger partial charge in [0.15, 0.2) is 9.84 Å². The van der Waals surface area contributed by atoms with Gasteiger partial charge in [0.05, 0.1) is 31.3 Å². The topological polar surface area (TPSA) is 63.6 Å². The molecule has 0 amide bonds. The van der Waals surface area contributed by atoms with Crippen molar-refractivity contribution in [2.75, 3.05) is 31.3 Å². The molecule has 2 aliphatic heterocycles. The second kappa shape index (κ2) is 2.43. The molecule has 0 aromatic carbocycles. The van der Waals surface area contributed by atoms with Crippen molar-refractivity contribution in [3.8, 4) is 0 Å². The molecule has 0 radical (unpaired) electrons. The van der Waals surface area contributed by atoms with Crippen LogP contribution in [0.15, 0.2) is 0 Å². The predicted molar refractivity (Wildman–Crippen MR) is 42.5 cm³/mol. The fourth-order valence-electron chi connectivity index (χ4n) is 2.11. The predicted octanol–water partition coefficient (Wildman–Crippen LogP) is -0.960. The fraction of sp³-hybridized carbons (Fsp3) is 1.00. The van der Waals surface area contributed by atoms with Crippen LogP contribution in [0.4, 0.5) is 0 Å². The molecule has 2 heterocycles. The first-order valence-corrected chi connectivity index (χ1v) is 5.79. The summed E-state index contributed by atoms with van der Waals surface area (Å²) in [5.74, 6) is 0.307. The molecule has 2 atom stereocenters. The van der Waals surface area contributed by atoms with Crippen molar-refractivity contribution in [3.63, 3.8) is 0 Å². The Balaban J connectivity index is 2.32. The van der Waals surface area contributed by atoms with E-state index in [9.17, 15) is 8.42 Å². The zero-order chi connectivity index (χ0) is 8.82. The SMILES string of the molecule is O=S1(=O)C[C@H]2COC[C@]2(CO)C1. The summed E-state index contributed by atoms with van der Waals surface area (Å²) in [6.07, 6.45) is 0. The minimum atomic E-state index is -2.92. The molecular formula is C7H12O4S. The lowest BCUT2D eigenvalue weighted by atomic mass is 9.82. The first-order valence-electron chi connectivity index (χ1n) is 3.97. The van der Waals surface area contributed by atoms with Crippen LogP contribution in [0.25, 0.3) is 0 Å². The van der Waals surface area contributed by atoms with Crippen LogP contribution in [0, 0.1) is 11.3 Å². The zero-order valence-electron chi connectivity index (χ0n) is 6.69. The molecule has 70 valence electrons. The van der Waals surface area contributed by atoms with Crippen LogP contribution in [0.3, 0.4) is 0 Å². The van der Waals surface area contributed by atoms with E-state index in [0.29, 0.717) is 13.2 Å². The Kier molecular flexibility index (Phi) is 1.72. The molecule has 0 aromatic heterocycles. The molecule has 0 aliphatic carbocycles. The van der Waals surface area contributed by atoms with Crippen LogP contribution >= 0.6 is 0 Å². The summed E-state index contributed by atoms with van der Waals surface area (Å²) >= 11 is 0. The molecule has 1 N–H and O–H groups in total. The molecule has 0 bridgehead atoms. The molecule has 0 saturated carbocycles. The van der Waals surface area contributed by atoms with Crippen LogP contribution in [0.2, 0.25) is 0 Å². The summed E-state index contributed by atoms with van der Waals surface area (Å²) < 4.78 is 27.7. The largest absolute Gasteiger partial charge is 0.396 e. The van der Waals surface area contributed by atoms with Gasteiger partial charge in [-0.1, -0.05) is 0 Å². The summed E-state index contributed by atoms with van der Waals surface area (Å²) in [5.41, 5.74) is -0.473. The molecule has 0 spiro atoms. The van der Waals surface area contributed by atoms with Gasteiger partial charge in [0.1, 0.15) is 0 Å². The first-order chi connectivity index (χ1) is 5.58. The Hall–Kier alpha value is -0.130. The van der Waals surface area contributed by atoms with Crippen LogP contribution in [0.1, 0.15) is 0 Å². The number of hydrogen-bond acceptors (Lipinski definition) is 4. The molecule has 2 aliphatic rings. The normalized spacial score (nSPS) is 44.6. The number of hydrogen-bond donors (Lipinski definition) is 1. The van der Waals surface area contributed by atoms with E-state index in [4.69, 9.17) is 9.84 Å². The van der Waals surface area contributed by atoms with Crippen molar-refractivity contribution in [1.82, 2.24) is 0 Å². The monoisotopic (exact) mass is 192 g/mol. The molecule has 0 unspecified atom stereocenters. The van der Waals surface area contributed by atoms with Gasteiger partial charge in [-0.3, -0.25) is 0 Å². The van der Waals surface area contributed by atoms with Crippen molar-refractivity contribution < 1.29 is 18.3 Å². The van der Waals surface area contributed by atoms with Gasteiger partial charge in [-0.25, -0.2) is 8.42 Å². The maximum Gasteiger partial charge on any atom is 0.151 e. The number of aliphatic hydroxyl groups excluding tert-OH is 1. The molecule has 2 saturated heterocycles. The molecule has 2 rings (SSSR count). The maximum absolute atomic E-state index is 11.2. The molecule has 12 heavy (non-hydrogen) atoms. The zero-order valence-corrected chi connectivity index (χ0v) is 7.51. The van der Waals surface area contributed by atoms with Crippen molar-refractivity contribution in [2.45, 2.75) is 0 Å². The average molecular weight is 192 g/mol. The fourth-order valence-corrected chi connectivity index (χ4v) is 4.57. The lowest BCUT2D eigenvalue weighted by Gasteiger charge is -2.21. The third-order valence-corrected chi connectivity index (χ3v) is 4.78. The lowest BCUT2D eigenvalue weighted by Crippen LogP contribution is -2.32. The van der Waals surface area contributed by atoms with E-state index < -0.39 is 15.3 Å². The van der Waals surface area contributed by atoms with Gasteiger partial charge in [0.2, 0.25) is 0 Å². The Morgan fingerprint density at radius 1 is 1.58 bits per heavy atom. The van der Waals surface area contributed by atoms with Gasteiger partial charge in [-0.2, -0.15) is 0 Å². The number of aliphatic hydroxyl groups is 1. The van der Waals surface area contributed by atoms with Crippen LogP contribution in [0.5, 0.6) is 0 Å². The number of sulfone groups is 1. The summed E-state index contributed by atoms with van der Waals surface area (Å²) in [5, 5.41) is 9.11. The van der Waals surface area contributed by atoms with Gasteiger partial charge < -0.3 is 9.84 Å². The second-order valence-corrected chi connectivity index (χ2v) is 5.90. The van der Waals surface area contributed by atoms with Crippen molar-refractivity contribution >= 4 is 9.84 Å². The van der Waals surface area contributed by atoms with E-state index in [1.807, 2.05) is 0 Å². The first kappa shape index (κ1) is 8.47. The lowest BCUT2D eigenvalue weighted by molar-refractivity contribution is 0.104. The molecule has 4 nitrogen and oxygen atoms in total. The highest BCUT2D eigenvalue weighted by atomic mass is 32.2. The van der Waals surface area contributed by atoms with E-state index in [1.54, 1.807) is 0 Å². The van der Waals surface area contributed by atoms with Crippen molar-refractivity contribution in [2.24, 2.45) is 11.3 Å². The van der Waals surface area contributed by atoms with Crippen molar-refractivity contribution in [1.29, 1.82) is 0 Å². The quantitative estimate of drug-likeness (QED) is 0.581. The standard InChI is InChI=1S/C7H12O4S/c8-3-7-4-11-1-6(7)2-12(9,10)5-7/h6,8H,1-5H2/t6-,7-/m1/s1. The maximum atomic E-state index is 11.2. The highest BCUT2D eigenvalue weighted by molar-refractivity contribution is 7.91. The van der Waals surface area contributed by atoms with E-state index in [1.165, 1.54) is 0 Å². The summed E-state index contributed by atoms with van der Waals surface area (Å²) in [4.78, 5) is 0. The van der Waals surface area contributed by atoms with Gasteiger partial charge in [0, 0.05) is 11.3 Å². The third-order valence-electron chi connectivity index (χ3n) is 2.85. The van der Waals surface area contributed by atoms with Crippen LogP contribution in [-0.4, -0.2) is 44.9 Å². The molecular weight excluding hydrogens is 180 g/mol. The molecule has 5 heteroatoms. The molecule has 2 fully saturated rings. The number of rotatable bonds is 1. The third kappa shape index (κ3) is 1.08. The average Bonchev–Trinajstić information content (AvgIpc) is 2.40. The number of ether oxygens (including phenoxy) is 1. The minimum Gasteiger partial charge on any atom is -0.396 e. The Labute approximate surface area is 71.5 Å². The Morgan fingerprint density at radius 2 is 2.33 bits per heavy atom. The van der Waals surface area contributed by atoms with E-state index >= 15 is 0 Å². The van der Waals surface area contributed by atoms with Gasteiger partial charge in [0.25, 0.3) is 0 Å².